The maximum absolute atomic E-state index is 10.1. The lowest BCUT2D eigenvalue weighted by Gasteiger charge is -2.11. The number of aryl methyl sites for hydroxylation is 1. The number of thioether (sulfide) groups is 1. The summed E-state index contributed by atoms with van der Waals surface area (Å²) in [5, 5.41) is 10.8. The van der Waals surface area contributed by atoms with Crippen LogP contribution in [0.25, 0.3) is 0 Å². The van der Waals surface area contributed by atoms with Crippen molar-refractivity contribution in [3.63, 3.8) is 0 Å². The molecule has 0 saturated carbocycles. The van der Waals surface area contributed by atoms with Gasteiger partial charge in [0.25, 0.3) is 0 Å². The summed E-state index contributed by atoms with van der Waals surface area (Å²) in [5.41, 5.74) is 2.40. The minimum absolute atomic E-state index is 0.357. The molecule has 1 nitrogen and oxygen atoms in total. The van der Waals surface area contributed by atoms with Crippen molar-refractivity contribution < 1.29 is 5.11 Å². The molecule has 0 bridgehead atoms. The molecule has 0 saturated heterocycles. The Morgan fingerprint density at radius 2 is 1.79 bits per heavy atom. The maximum Gasteiger partial charge on any atom is 0.0674 e. The summed E-state index contributed by atoms with van der Waals surface area (Å²) in [6.45, 7) is 2.06. The summed E-state index contributed by atoms with van der Waals surface area (Å²) < 4.78 is 0. The molecule has 1 unspecified atom stereocenters. The van der Waals surface area contributed by atoms with Crippen molar-refractivity contribution in [2.45, 2.75) is 24.3 Å². The van der Waals surface area contributed by atoms with Crippen molar-refractivity contribution >= 4 is 23.4 Å². The summed E-state index contributed by atoms with van der Waals surface area (Å²) in [7, 11) is 0. The van der Waals surface area contributed by atoms with Crippen LogP contribution >= 0.6 is 23.4 Å². The zero-order valence-corrected chi connectivity index (χ0v) is 12.4. The molecule has 0 radical (unpaired) electrons. The van der Waals surface area contributed by atoms with Gasteiger partial charge in [0.1, 0.15) is 0 Å². The molecular formula is C16H17ClOS. The topological polar surface area (TPSA) is 20.2 Å². The van der Waals surface area contributed by atoms with E-state index in [0.717, 1.165) is 15.5 Å². The number of rotatable bonds is 5. The van der Waals surface area contributed by atoms with Crippen LogP contribution in [0.5, 0.6) is 0 Å². The predicted octanol–water partition coefficient (Wildman–Crippen LogP) is 4.34. The maximum atomic E-state index is 10.1. The molecule has 0 spiro atoms. The summed E-state index contributed by atoms with van der Waals surface area (Å²) in [4.78, 5) is 1.02. The van der Waals surface area contributed by atoms with Crippen LogP contribution < -0.4 is 0 Å². The molecule has 0 aliphatic heterocycles. The van der Waals surface area contributed by atoms with Crippen LogP contribution in [0.15, 0.2) is 53.4 Å². The van der Waals surface area contributed by atoms with E-state index >= 15 is 0 Å². The van der Waals surface area contributed by atoms with E-state index in [9.17, 15) is 5.11 Å². The lowest BCUT2D eigenvalue weighted by molar-refractivity contribution is 0.200. The molecule has 2 aromatic carbocycles. The van der Waals surface area contributed by atoms with E-state index in [1.165, 1.54) is 5.56 Å². The normalized spacial score (nSPS) is 12.4. The number of aliphatic hydroxyl groups is 1. The van der Waals surface area contributed by atoms with Gasteiger partial charge in [-0.05, 0) is 31.0 Å². The molecule has 2 rings (SSSR count). The zero-order chi connectivity index (χ0) is 13.7. The molecule has 0 amide bonds. The number of aliphatic hydroxyl groups excluding tert-OH is 1. The molecule has 3 heteroatoms. The smallest absolute Gasteiger partial charge is 0.0674 e. The predicted molar refractivity (Wildman–Crippen MR) is 83.1 cm³/mol. The average Bonchev–Trinajstić information content (AvgIpc) is 2.40. The van der Waals surface area contributed by atoms with Crippen molar-refractivity contribution in [1.82, 2.24) is 0 Å². The van der Waals surface area contributed by atoms with Crippen LogP contribution in [-0.2, 0) is 6.42 Å². The molecule has 2 aromatic rings. The molecule has 0 aliphatic carbocycles. The van der Waals surface area contributed by atoms with Gasteiger partial charge in [0.05, 0.1) is 11.1 Å². The van der Waals surface area contributed by atoms with Gasteiger partial charge >= 0.3 is 0 Å². The third-order valence-electron chi connectivity index (χ3n) is 2.86. The minimum Gasteiger partial charge on any atom is -0.392 e. The molecule has 1 atom stereocenters. The Hall–Kier alpha value is -0.960. The first kappa shape index (κ1) is 14.4. The highest BCUT2D eigenvalue weighted by Gasteiger charge is 2.08. The first-order valence-corrected chi connectivity index (χ1v) is 7.62. The van der Waals surface area contributed by atoms with Crippen molar-refractivity contribution in [2.75, 3.05) is 5.75 Å². The van der Waals surface area contributed by atoms with E-state index < -0.39 is 0 Å². The fourth-order valence-corrected chi connectivity index (χ4v) is 2.97. The Bertz CT molecular complexity index is 525. The molecule has 0 heterocycles. The Morgan fingerprint density at radius 1 is 1.11 bits per heavy atom. The van der Waals surface area contributed by atoms with Gasteiger partial charge < -0.3 is 5.11 Å². The van der Waals surface area contributed by atoms with E-state index in [2.05, 4.69) is 31.2 Å². The number of hydrogen-bond donors (Lipinski definition) is 1. The van der Waals surface area contributed by atoms with E-state index in [0.29, 0.717) is 12.2 Å². The average molecular weight is 293 g/mol. The third kappa shape index (κ3) is 4.57. The first-order valence-electron chi connectivity index (χ1n) is 6.26. The van der Waals surface area contributed by atoms with Crippen molar-refractivity contribution in [3.8, 4) is 0 Å². The van der Waals surface area contributed by atoms with Gasteiger partial charge in [-0.15, -0.1) is 11.8 Å². The van der Waals surface area contributed by atoms with Gasteiger partial charge in [-0.1, -0.05) is 53.6 Å². The highest BCUT2D eigenvalue weighted by atomic mass is 35.5. The molecule has 100 valence electrons. The fraction of sp³-hybridized carbons (Fsp3) is 0.250. The van der Waals surface area contributed by atoms with E-state index in [1.54, 1.807) is 11.8 Å². The van der Waals surface area contributed by atoms with E-state index in [-0.39, 0.29) is 6.10 Å². The summed E-state index contributed by atoms with van der Waals surface area (Å²) >= 11 is 7.68. The SMILES string of the molecule is Cc1ccc(CC(O)CSc2ccccc2Cl)cc1. The number of hydrogen-bond acceptors (Lipinski definition) is 2. The second-order valence-electron chi connectivity index (χ2n) is 4.58. The minimum atomic E-state index is -0.357. The van der Waals surface area contributed by atoms with Crippen LogP contribution in [0.1, 0.15) is 11.1 Å². The number of halogens is 1. The van der Waals surface area contributed by atoms with Gasteiger partial charge in [-0.3, -0.25) is 0 Å². The lowest BCUT2D eigenvalue weighted by atomic mass is 10.1. The monoisotopic (exact) mass is 292 g/mol. The van der Waals surface area contributed by atoms with Crippen LogP contribution in [0.2, 0.25) is 5.02 Å². The molecular weight excluding hydrogens is 276 g/mol. The molecule has 0 aromatic heterocycles. The highest BCUT2D eigenvalue weighted by molar-refractivity contribution is 7.99. The Labute approximate surface area is 123 Å². The second-order valence-corrected chi connectivity index (χ2v) is 6.05. The van der Waals surface area contributed by atoms with Crippen molar-refractivity contribution in [2.24, 2.45) is 0 Å². The van der Waals surface area contributed by atoms with Gasteiger partial charge in [0.2, 0.25) is 0 Å². The van der Waals surface area contributed by atoms with Crippen LogP contribution in [-0.4, -0.2) is 17.0 Å². The number of benzene rings is 2. The first-order chi connectivity index (χ1) is 9.15. The second kappa shape index (κ2) is 6.99. The molecule has 1 N–H and O–H groups in total. The summed E-state index contributed by atoms with van der Waals surface area (Å²) in [5.74, 6) is 0.650. The van der Waals surface area contributed by atoms with Crippen LogP contribution in [0, 0.1) is 6.92 Å². The van der Waals surface area contributed by atoms with Crippen molar-refractivity contribution in [1.29, 1.82) is 0 Å². The standard InChI is InChI=1S/C16H17ClOS/c1-12-6-8-13(9-7-12)10-14(18)11-19-16-5-3-2-4-15(16)17/h2-9,14,18H,10-11H2,1H3. The molecule has 19 heavy (non-hydrogen) atoms. The molecule has 0 fully saturated rings. The Kier molecular flexibility index (Phi) is 5.32. The fourth-order valence-electron chi connectivity index (χ4n) is 1.80. The zero-order valence-electron chi connectivity index (χ0n) is 10.8. The van der Waals surface area contributed by atoms with Gasteiger partial charge in [-0.2, -0.15) is 0 Å². The van der Waals surface area contributed by atoms with E-state index in [4.69, 9.17) is 11.6 Å². The van der Waals surface area contributed by atoms with Gasteiger partial charge in [-0.25, -0.2) is 0 Å². The van der Waals surface area contributed by atoms with Crippen molar-refractivity contribution in [3.05, 3.63) is 64.7 Å². The summed E-state index contributed by atoms with van der Waals surface area (Å²) in [6.07, 6.45) is 0.321. The Balaban J connectivity index is 1.86. The summed E-state index contributed by atoms with van der Waals surface area (Å²) in [6, 6.07) is 16.0. The lowest BCUT2D eigenvalue weighted by Crippen LogP contribution is -2.13. The van der Waals surface area contributed by atoms with Crippen LogP contribution in [0.3, 0.4) is 0 Å². The quantitative estimate of drug-likeness (QED) is 0.827. The van der Waals surface area contributed by atoms with Crippen LogP contribution in [0.4, 0.5) is 0 Å². The third-order valence-corrected chi connectivity index (χ3v) is 4.52. The molecule has 0 aliphatic rings. The van der Waals surface area contributed by atoms with Gasteiger partial charge in [0, 0.05) is 10.6 Å². The Morgan fingerprint density at radius 3 is 2.47 bits per heavy atom. The highest BCUT2D eigenvalue weighted by Crippen LogP contribution is 2.27. The van der Waals surface area contributed by atoms with Gasteiger partial charge in [0.15, 0.2) is 0 Å². The van der Waals surface area contributed by atoms with E-state index in [1.807, 2.05) is 24.3 Å². The largest absolute Gasteiger partial charge is 0.392 e.